The number of carbonyl (C=O) groups is 2. The minimum absolute atomic E-state index is 0.0732. The molecule has 0 N–H and O–H groups in total. The molecule has 0 aliphatic heterocycles. The molecular weight excluding hydrogens is 216 g/mol. The molecule has 92 valence electrons. The summed E-state index contributed by atoms with van der Waals surface area (Å²) in [6.45, 7) is 7.78. The van der Waals surface area contributed by atoms with Gasteiger partial charge < -0.3 is 4.90 Å². The minimum atomic E-state index is -0.197. The molecule has 4 nitrogen and oxygen atoms in total. The number of carbonyl (C=O) groups excluding carboxylic acids is 2. The Morgan fingerprint density at radius 3 is 2.35 bits per heavy atom. The molecule has 0 aliphatic carbocycles. The van der Waals surface area contributed by atoms with Crippen molar-refractivity contribution >= 4 is 12.2 Å². The maximum atomic E-state index is 12.3. The zero-order chi connectivity index (χ0) is 13.0. The van der Waals surface area contributed by atoms with Gasteiger partial charge in [-0.3, -0.25) is 14.6 Å². The molecule has 0 aromatic carbocycles. The minimum Gasteiger partial charge on any atom is -0.332 e. The van der Waals surface area contributed by atoms with Gasteiger partial charge in [0.2, 0.25) is 0 Å². The van der Waals surface area contributed by atoms with E-state index in [0.717, 1.165) is 0 Å². The summed E-state index contributed by atoms with van der Waals surface area (Å²) in [5.41, 5.74) is 0.564. The van der Waals surface area contributed by atoms with E-state index < -0.39 is 0 Å². The first-order chi connectivity index (χ1) is 7.99. The molecule has 1 aromatic rings. The van der Waals surface area contributed by atoms with Crippen LogP contribution < -0.4 is 0 Å². The molecule has 4 heteroatoms. The summed E-state index contributed by atoms with van der Waals surface area (Å²) in [5, 5.41) is 0. The van der Waals surface area contributed by atoms with E-state index in [1.165, 1.54) is 6.20 Å². The van der Waals surface area contributed by atoms with Crippen LogP contribution in [-0.4, -0.2) is 34.2 Å². The smallest absolute Gasteiger partial charge is 0.273 e. The lowest BCUT2D eigenvalue weighted by Crippen LogP contribution is -2.42. The number of aldehydes is 1. The third kappa shape index (κ3) is 2.90. The Kier molecular flexibility index (Phi) is 4.37. The Hall–Kier alpha value is -1.71. The number of aromatic nitrogens is 1. The number of rotatable bonds is 4. The van der Waals surface area contributed by atoms with Gasteiger partial charge >= 0.3 is 0 Å². The fraction of sp³-hybridized carbons (Fsp3) is 0.462. The molecule has 1 aromatic heterocycles. The standard InChI is InChI=1S/C13H18N2O2/c1-9(2)15(10(3)4)13(17)12-11(8-16)6-5-7-14-12/h5-10H,1-4H3. The maximum absolute atomic E-state index is 12.3. The number of amides is 1. The Morgan fingerprint density at radius 2 is 1.88 bits per heavy atom. The molecular formula is C13H18N2O2. The lowest BCUT2D eigenvalue weighted by molar-refractivity contribution is 0.0635. The van der Waals surface area contributed by atoms with Crippen molar-refractivity contribution in [1.82, 2.24) is 9.88 Å². The van der Waals surface area contributed by atoms with Crippen LogP contribution in [0.2, 0.25) is 0 Å². The second-order valence-corrected chi connectivity index (χ2v) is 4.46. The van der Waals surface area contributed by atoms with Gasteiger partial charge in [-0.2, -0.15) is 0 Å². The Morgan fingerprint density at radius 1 is 1.29 bits per heavy atom. The largest absolute Gasteiger partial charge is 0.332 e. The lowest BCUT2D eigenvalue weighted by Gasteiger charge is -2.30. The number of pyridine rings is 1. The number of nitrogens with zero attached hydrogens (tertiary/aromatic N) is 2. The molecule has 17 heavy (non-hydrogen) atoms. The quantitative estimate of drug-likeness (QED) is 0.750. The third-order valence-electron chi connectivity index (χ3n) is 2.52. The van der Waals surface area contributed by atoms with Crippen molar-refractivity contribution < 1.29 is 9.59 Å². The van der Waals surface area contributed by atoms with Crippen molar-refractivity contribution in [2.45, 2.75) is 39.8 Å². The van der Waals surface area contributed by atoms with Crippen LogP contribution in [0.1, 0.15) is 48.5 Å². The fourth-order valence-electron chi connectivity index (χ4n) is 1.88. The molecule has 0 atom stereocenters. The molecule has 0 unspecified atom stereocenters. The van der Waals surface area contributed by atoms with Gasteiger partial charge in [-0.05, 0) is 39.8 Å². The van der Waals surface area contributed by atoms with E-state index in [0.29, 0.717) is 11.8 Å². The second kappa shape index (κ2) is 5.57. The van der Waals surface area contributed by atoms with E-state index in [1.807, 2.05) is 27.7 Å². The lowest BCUT2D eigenvalue weighted by atomic mass is 10.1. The summed E-state index contributed by atoms with van der Waals surface area (Å²) in [7, 11) is 0. The molecule has 0 spiro atoms. The monoisotopic (exact) mass is 234 g/mol. The highest BCUT2D eigenvalue weighted by Gasteiger charge is 2.24. The van der Waals surface area contributed by atoms with Crippen LogP contribution in [0.25, 0.3) is 0 Å². The van der Waals surface area contributed by atoms with Gasteiger partial charge in [-0.25, -0.2) is 0 Å². The molecule has 1 heterocycles. The molecule has 0 radical (unpaired) electrons. The van der Waals surface area contributed by atoms with Crippen LogP contribution in [-0.2, 0) is 0 Å². The van der Waals surface area contributed by atoms with Crippen LogP contribution in [0.15, 0.2) is 18.3 Å². The first-order valence-corrected chi connectivity index (χ1v) is 5.72. The van der Waals surface area contributed by atoms with E-state index in [1.54, 1.807) is 17.0 Å². The van der Waals surface area contributed by atoms with E-state index in [-0.39, 0.29) is 23.7 Å². The molecule has 1 rings (SSSR count). The predicted octanol–water partition coefficient (Wildman–Crippen LogP) is 2.15. The maximum Gasteiger partial charge on any atom is 0.273 e. The van der Waals surface area contributed by atoms with Crippen molar-refractivity contribution in [3.05, 3.63) is 29.6 Å². The summed E-state index contributed by atoms with van der Waals surface area (Å²) >= 11 is 0. The van der Waals surface area contributed by atoms with Crippen molar-refractivity contribution in [2.75, 3.05) is 0 Å². The van der Waals surface area contributed by atoms with Crippen LogP contribution in [0.5, 0.6) is 0 Å². The molecule has 0 saturated heterocycles. The van der Waals surface area contributed by atoms with Crippen LogP contribution in [0, 0.1) is 0 Å². The average molecular weight is 234 g/mol. The topological polar surface area (TPSA) is 50.3 Å². The van der Waals surface area contributed by atoms with Gasteiger partial charge in [0.25, 0.3) is 5.91 Å². The highest BCUT2D eigenvalue weighted by atomic mass is 16.2. The zero-order valence-corrected chi connectivity index (χ0v) is 10.7. The van der Waals surface area contributed by atoms with E-state index in [9.17, 15) is 9.59 Å². The number of hydrogen-bond acceptors (Lipinski definition) is 3. The first-order valence-electron chi connectivity index (χ1n) is 5.72. The third-order valence-corrected chi connectivity index (χ3v) is 2.52. The highest BCUT2D eigenvalue weighted by molar-refractivity contribution is 5.99. The van der Waals surface area contributed by atoms with Gasteiger partial charge in [0, 0.05) is 23.8 Å². The van der Waals surface area contributed by atoms with Crippen molar-refractivity contribution in [2.24, 2.45) is 0 Å². The van der Waals surface area contributed by atoms with Gasteiger partial charge in [0.05, 0.1) is 0 Å². The molecule has 0 aliphatic rings. The summed E-state index contributed by atoms with van der Waals surface area (Å²) in [4.78, 5) is 28.9. The van der Waals surface area contributed by atoms with Crippen LogP contribution in [0.3, 0.4) is 0 Å². The summed E-state index contributed by atoms with van der Waals surface area (Å²) in [6, 6.07) is 3.40. The summed E-state index contributed by atoms with van der Waals surface area (Å²) < 4.78 is 0. The highest BCUT2D eigenvalue weighted by Crippen LogP contribution is 2.12. The average Bonchev–Trinajstić information content (AvgIpc) is 2.27. The first kappa shape index (κ1) is 13.4. The van der Waals surface area contributed by atoms with Crippen LogP contribution in [0.4, 0.5) is 0 Å². The van der Waals surface area contributed by atoms with E-state index in [4.69, 9.17) is 0 Å². The molecule has 1 amide bonds. The van der Waals surface area contributed by atoms with Gasteiger partial charge in [0.15, 0.2) is 6.29 Å². The Balaban J connectivity index is 3.14. The van der Waals surface area contributed by atoms with Gasteiger partial charge in [0.1, 0.15) is 5.69 Å². The normalized spacial score (nSPS) is 10.7. The SMILES string of the molecule is CC(C)N(C(=O)c1ncccc1C=O)C(C)C. The predicted molar refractivity (Wildman–Crippen MR) is 66.1 cm³/mol. The van der Waals surface area contributed by atoms with Crippen molar-refractivity contribution in [1.29, 1.82) is 0 Å². The Labute approximate surface area is 102 Å². The van der Waals surface area contributed by atoms with E-state index >= 15 is 0 Å². The molecule has 0 saturated carbocycles. The molecule has 0 bridgehead atoms. The number of hydrogen-bond donors (Lipinski definition) is 0. The second-order valence-electron chi connectivity index (χ2n) is 4.46. The van der Waals surface area contributed by atoms with Crippen molar-refractivity contribution in [3.63, 3.8) is 0 Å². The van der Waals surface area contributed by atoms with Gasteiger partial charge in [-0.1, -0.05) is 0 Å². The zero-order valence-electron chi connectivity index (χ0n) is 10.7. The summed E-state index contributed by atoms with van der Waals surface area (Å²) in [5.74, 6) is -0.197. The van der Waals surface area contributed by atoms with Crippen molar-refractivity contribution in [3.8, 4) is 0 Å². The molecule has 0 fully saturated rings. The van der Waals surface area contributed by atoms with Crippen LogP contribution >= 0.6 is 0 Å². The summed E-state index contributed by atoms with van der Waals surface area (Å²) in [6.07, 6.45) is 2.19. The fourth-order valence-corrected chi connectivity index (χ4v) is 1.88. The Bertz CT molecular complexity index is 406. The van der Waals surface area contributed by atoms with Gasteiger partial charge in [-0.15, -0.1) is 0 Å². The van der Waals surface area contributed by atoms with E-state index in [2.05, 4.69) is 4.98 Å².